The lowest BCUT2D eigenvalue weighted by Gasteiger charge is -2.34. The maximum Gasteiger partial charge on any atom is 0.208 e. The van der Waals surface area contributed by atoms with Crippen LogP contribution < -0.4 is 10.0 Å². The Labute approximate surface area is 120 Å². The quantitative estimate of drug-likeness (QED) is 0.423. The second-order valence-corrected chi connectivity index (χ2v) is 7.73. The van der Waals surface area contributed by atoms with Crippen molar-refractivity contribution in [3.8, 4) is 0 Å². The number of rotatable bonds is 5. The monoisotopic (exact) mass is 308 g/mol. The summed E-state index contributed by atoms with van der Waals surface area (Å²) < 4.78 is 24.3. The van der Waals surface area contributed by atoms with Gasteiger partial charge in [0.25, 0.3) is 0 Å². The largest absolute Gasteiger partial charge is 0.355 e. The zero-order valence-electron chi connectivity index (χ0n) is 11.8. The van der Waals surface area contributed by atoms with Gasteiger partial charge in [-0.3, -0.25) is 4.99 Å². The average molecular weight is 308 g/mol. The molecule has 0 aromatic rings. The topological polar surface area (TPSA) is 73.8 Å². The van der Waals surface area contributed by atoms with Crippen LogP contribution in [0, 0.1) is 0 Å². The minimum atomic E-state index is -3.11. The van der Waals surface area contributed by atoms with E-state index in [1.54, 1.807) is 7.05 Å². The molecule has 0 saturated carbocycles. The summed E-state index contributed by atoms with van der Waals surface area (Å²) in [6, 6.07) is 0. The molecule has 0 bridgehead atoms. The summed E-state index contributed by atoms with van der Waals surface area (Å²) in [6.07, 6.45) is 2.32. The third kappa shape index (κ3) is 6.49. The minimum absolute atomic E-state index is 0.373. The molecule has 6 nitrogen and oxygen atoms in total. The standard InChI is InChI=1S/C11H24N4O2S2/c1-4-10-9-15(7-8-18-10)11(12-2)13-5-6-14-19(3,16)17/h10,14H,4-9H2,1-3H3,(H,12,13). The molecule has 0 aromatic carbocycles. The zero-order chi connectivity index (χ0) is 14.3. The average Bonchev–Trinajstić information content (AvgIpc) is 2.37. The van der Waals surface area contributed by atoms with Crippen LogP contribution in [0.3, 0.4) is 0 Å². The first-order valence-corrected chi connectivity index (χ1v) is 9.42. The highest BCUT2D eigenvalue weighted by atomic mass is 32.2. The Morgan fingerprint density at radius 3 is 2.79 bits per heavy atom. The van der Waals surface area contributed by atoms with E-state index in [1.165, 1.54) is 0 Å². The number of nitrogens with zero attached hydrogens (tertiary/aromatic N) is 2. The number of guanidine groups is 1. The molecule has 0 aromatic heterocycles. The maximum atomic E-state index is 10.9. The summed E-state index contributed by atoms with van der Waals surface area (Å²) in [4.78, 5) is 6.50. The Hall–Kier alpha value is -0.470. The van der Waals surface area contributed by atoms with E-state index in [0.29, 0.717) is 18.3 Å². The van der Waals surface area contributed by atoms with Crippen molar-refractivity contribution < 1.29 is 8.42 Å². The van der Waals surface area contributed by atoms with E-state index in [4.69, 9.17) is 0 Å². The van der Waals surface area contributed by atoms with Crippen LogP contribution in [0.4, 0.5) is 0 Å². The van der Waals surface area contributed by atoms with Gasteiger partial charge in [-0.25, -0.2) is 13.1 Å². The second kappa shape index (κ2) is 7.96. The number of nitrogens with one attached hydrogen (secondary N) is 2. The van der Waals surface area contributed by atoms with Crippen molar-refractivity contribution in [3.05, 3.63) is 0 Å². The fourth-order valence-electron chi connectivity index (χ4n) is 1.90. The van der Waals surface area contributed by atoms with E-state index in [-0.39, 0.29) is 0 Å². The predicted octanol–water partition coefficient (Wildman–Crippen LogP) is -0.0616. The Kier molecular flexibility index (Phi) is 6.95. The van der Waals surface area contributed by atoms with E-state index in [0.717, 1.165) is 37.5 Å². The van der Waals surface area contributed by atoms with Crippen LogP contribution in [0.2, 0.25) is 0 Å². The number of hydrogen-bond acceptors (Lipinski definition) is 4. The SMILES string of the molecule is CCC1CN(C(=NC)NCCNS(C)(=O)=O)CCS1. The van der Waals surface area contributed by atoms with Gasteiger partial charge in [-0.15, -0.1) is 0 Å². The van der Waals surface area contributed by atoms with Gasteiger partial charge in [0.15, 0.2) is 5.96 Å². The summed E-state index contributed by atoms with van der Waals surface area (Å²) >= 11 is 2.01. The smallest absolute Gasteiger partial charge is 0.208 e. The van der Waals surface area contributed by atoms with Crippen LogP contribution in [0.25, 0.3) is 0 Å². The molecule has 1 aliphatic rings. The molecule has 8 heteroatoms. The minimum Gasteiger partial charge on any atom is -0.355 e. The number of hydrogen-bond donors (Lipinski definition) is 2. The zero-order valence-corrected chi connectivity index (χ0v) is 13.5. The molecule has 112 valence electrons. The van der Waals surface area contributed by atoms with Crippen LogP contribution >= 0.6 is 11.8 Å². The number of thioether (sulfide) groups is 1. The Bertz CT molecular complexity index is 397. The second-order valence-electron chi connectivity index (χ2n) is 4.49. The summed E-state index contributed by atoms with van der Waals surface area (Å²) in [5.41, 5.74) is 0. The van der Waals surface area contributed by atoms with Crippen LogP contribution in [0.5, 0.6) is 0 Å². The van der Waals surface area contributed by atoms with Gasteiger partial charge in [0.1, 0.15) is 0 Å². The molecule has 19 heavy (non-hydrogen) atoms. The van der Waals surface area contributed by atoms with Crippen LogP contribution in [-0.4, -0.2) is 69.8 Å². The van der Waals surface area contributed by atoms with E-state index in [1.807, 2.05) is 11.8 Å². The fraction of sp³-hybridized carbons (Fsp3) is 0.909. The summed E-state index contributed by atoms with van der Waals surface area (Å²) in [5, 5.41) is 3.85. The first kappa shape index (κ1) is 16.6. The van der Waals surface area contributed by atoms with Gasteiger partial charge in [0.2, 0.25) is 10.0 Å². The highest BCUT2D eigenvalue weighted by molar-refractivity contribution is 8.00. The Morgan fingerprint density at radius 2 is 2.21 bits per heavy atom. The first-order valence-electron chi connectivity index (χ1n) is 6.48. The van der Waals surface area contributed by atoms with Gasteiger partial charge in [0, 0.05) is 44.2 Å². The van der Waals surface area contributed by atoms with E-state index in [2.05, 4.69) is 26.9 Å². The lowest BCUT2D eigenvalue weighted by atomic mass is 10.3. The molecule has 0 amide bonds. The molecule has 1 heterocycles. The van der Waals surface area contributed by atoms with Crippen molar-refractivity contribution in [1.29, 1.82) is 0 Å². The molecule has 1 saturated heterocycles. The van der Waals surface area contributed by atoms with E-state index >= 15 is 0 Å². The van der Waals surface area contributed by atoms with Crippen molar-refractivity contribution in [2.45, 2.75) is 18.6 Å². The van der Waals surface area contributed by atoms with Gasteiger partial charge in [-0.2, -0.15) is 11.8 Å². The molecule has 0 spiro atoms. The third-order valence-corrected chi connectivity index (χ3v) is 4.98. The molecule has 1 rings (SSSR count). The van der Waals surface area contributed by atoms with Crippen molar-refractivity contribution in [3.63, 3.8) is 0 Å². The van der Waals surface area contributed by atoms with Gasteiger partial charge >= 0.3 is 0 Å². The van der Waals surface area contributed by atoms with Crippen LogP contribution in [0.15, 0.2) is 4.99 Å². The third-order valence-electron chi connectivity index (χ3n) is 2.88. The highest BCUT2D eigenvalue weighted by Gasteiger charge is 2.21. The Balaban J connectivity index is 2.37. The van der Waals surface area contributed by atoms with Crippen molar-refractivity contribution >= 4 is 27.7 Å². The maximum absolute atomic E-state index is 10.9. The molecular formula is C11H24N4O2S2. The van der Waals surface area contributed by atoms with E-state index < -0.39 is 10.0 Å². The van der Waals surface area contributed by atoms with Gasteiger partial charge in [0.05, 0.1) is 6.26 Å². The fourth-order valence-corrected chi connectivity index (χ4v) is 3.55. The van der Waals surface area contributed by atoms with Crippen molar-refractivity contribution in [1.82, 2.24) is 14.9 Å². The molecule has 1 unspecified atom stereocenters. The van der Waals surface area contributed by atoms with Gasteiger partial charge in [-0.1, -0.05) is 6.92 Å². The summed E-state index contributed by atoms with van der Waals surface area (Å²) in [5.74, 6) is 1.97. The van der Waals surface area contributed by atoms with Gasteiger partial charge < -0.3 is 10.2 Å². The van der Waals surface area contributed by atoms with Crippen LogP contribution in [0.1, 0.15) is 13.3 Å². The summed E-state index contributed by atoms with van der Waals surface area (Å²) in [6.45, 7) is 5.10. The molecule has 1 fully saturated rings. The molecule has 1 aliphatic heterocycles. The first-order chi connectivity index (χ1) is 8.96. The molecule has 0 radical (unpaired) electrons. The molecule has 1 atom stereocenters. The molecular weight excluding hydrogens is 284 g/mol. The van der Waals surface area contributed by atoms with Crippen molar-refractivity contribution in [2.75, 3.05) is 45.2 Å². The molecule has 2 N–H and O–H groups in total. The number of aliphatic imine (C=N–C) groups is 1. The molecule has 0 aliphatic carbocycles. The van der Waals surface area contributed by atoms with Gasteiger partial charge in [-0.05, 0) is 6.42 Å². The van der Waals surface area contributed by atoms with E-state index in [9.17, 15) is 8.42 Å². The highest BCUT2D eigenvalue weighted by Crippen LogP contribution is 2.20. The lowest BCUT2D eigenvalue weighted by Crippen LogP contribution is -2.49. The normalized spacial score (nSPS) is 21.5. The Morgan fingerprint density at radius 1 is 1.47 bits per heavy atom. The van der Waals surface area contributed by atoms with Crippen molar-refractivity contribution in [2.24, 2.45) is 4.99 Å². The predicted molar refractivity (Wildman–Crippen MR) is 82.3 cm³/mol. The number of sulfonamides is 1. The summed E-state index contributed by atoms with van der Waals surface area (Å²) in [7, 11) is -1.35. The lowest BCUT2D eigenvalue weighted by molar-refractivity contribution is 0.408. The van der Waals surface area contributed by atoms with Crippen LogP contribution in [-0.2, 0) is 10.0 Å².